The lowest BCUT2D eigenvalue weighted by Gasteiger charge is -2.32. The monoisotopic (exact) mass is 544 g/mol. The average molecular weight is 545 g/mol. The molecule has 0 spiro atoms. The van der Waals surface area contributed by atoms with E-state index in [2.05, 4.69) is 24.1 Å². The van der Waals surface area contributed by atoms with Crippen molar-refractivity contribution in [3.8, 4) is 11.5 Å². The molecule has 0 radical (unpaired) electrons. The van der Waals surface area contributed by atoms with Crippen molar-refractivity contribution in [2.75, 3.05) is 20.5 Å². The zero-order valence-corrected chi connectivity index (χ0v) is 23.6. The molecular formula is C29H40N2O8. The minimum atomic E-state index is -0.983. The van der Waals surface area contributed by atoms with Crippen LogP contribution in [0.2, 0.25) is 0 Å². The van der Waals surface area contributed by atoms with Gasteiger partial charge < -0.3 is 29.0 Å². The second-order valence-corrected chi connectivity index (χ2v) is 9.10. The molecule has 1 aromatic heterocycles. The highest BCUT2D eigenvalue weighted by Gasteiger charge is 2.31. The van der Waals surface area contributed by atoms with E-state index in [1.54, 1.807) is 0 Å². The summed E-state index contributed by atoms with van der Waals surface area (Å²) in [5.74, 6) is -1.71. The molecule has 2 rings (SSSR count). The molecule has 0 aliphatic carbocycles. The topological polar surface area (TPSA) is 122 Å². The van der Waals surface area contributed by atoms with Crippen molar-refractivity contribution < 1.29 is 38.1 Å². The molecule has 0 aliphatic heterocycles. The predicted octanol–water partition coefficient (Wildman–Crippen LogP) is 4.10. The van der Waals surface area contributed by atoms with E-state index in [9.17, 15) is 14.4 Å². The maximum absolute atomic E-state index is 13.0. The minimum Gasteiger partial charge on any atom is -0.493 e. The molecule has 0 bridgehead atoms. The number of esters is 2. The third-order valence-corrected chi connectivity index (χ3v) is 6.11. The number of ether oxygens (including phenoxy) is 5. The maximum Gasteiger partial charge on any atom is 0.328 e. The Hall–Kier alpha value is -3.66. The minimum absolute atomic E-state index is 0.0190. The Kier molecular flexibility index (Phi) is 13.2. The van der Waals surface area contributed by atoms with Gasteiger partial charge >= 0.3 is 11.9 Å². The Morgan fingerprint density at radius 2 is 1.77 bits per heavy atom. The summed E-state index contributed by atoms with van der Waals surface area (Å²) in [5, 5.41) is 2.61. The molecule has 4 atom stereocenters. The molecular weight excluding hydrogens is 504 g/mol. The van der Waals surface area contributed by atoms with Gasteiger partial charge in [0.2, 0.25) is 6.79 Å². The van der Waals surface area contributed by atoms with Gasteiger partial charge in [-0.15, -0.1) is 0 Å². The van der Waals surface area contributed by atoms with Crippen molar-refractivity contribution in [2.24, 2.45) is 5.92 Å². The van der Waals surface area contributed by atoms with Crippen molar-refractivity contribution in [1.29, 1.82) is 0 Å². The van der Waals surface area contributed by atoms with Crippen LogP contribution in [0, 0.1) is 5.92 Å². The fourth-order valence-corrected chi connectivity index (χ4v) is 4.06. The Labute approximate surface area is 230 Å². The number of hydrogen-bond acceptors (Lipinski definition) is 9. The fourth-order valence-electron chi connectivity index (χ4n) is 4.06. The van der Waals surface area contributed by atoms with Gasteiger partial charge in [-0.2, -0.15) is 0 Å². The molecule has 0 unspecified atom stereocenters. The van der Waals surface area contributed by atoms with Gasteiger partial charge in [0, 0.05) is 31.7 Å². The van der Waals surface area contributed by atoms with Gasteiger partial charge in [0.25, 0.3) is 5.91 Å². The largest absolute Gasteiger partial charge is 0.493 e. The van der Waals surface area contributed by atoms with Gasteiger partial charge in [0.15, 0.2) is 17.2 Å². The van der Waals surface area contributed by atoms with E-state index in [0.717, 1.165) is 18.4 Å². The van der Waals surface area contributed by atoms with Crippen LogP contribution in [0.3, 0.4) is 0 Å². The van der Waals surface area contributed by atoms with Crippen molar-refractivity contribution in [1.82, 2.24) is 10.3 Å². The van der Waals surface area contributed by atoms with Crippen LogP contribution >= 0.6 is 0 Å². The number of carbonyl (C=O) groups excluding carboxylic acids is 3. The third kappa shape index (κ3) is 9.86. The van der Waals surface area contributed by atoms with Gasteiger partial charge in [-0.1, -0.05) is 44.2 Å². The van der Waals surface area contributed by atoms with Crippen LogP contribution < -0.4 is 14.8 Å². The molecule has 10 heteroatoms. The van der Waals surface area contributed by atoms with E-state index in [-0.39, 0.29) is 29.2 Å². The second-order valence-electron chi connectivity index (χ2n) is 9.10. The normalized spacial score (nSPS) is 13.9. The van der Waals surface area contributed by atoms with Crippen molar-refractivity contribution >= 4 is 17.8 Å². The molecule has 1 heterocycles. The first kappa shape index (κ1) is 31.6. The summed E-state index contributed by atoms with van der Waals surface area (Å²) in [4.78, 5) is 41.2. The number of pyridine rings is 1. The van der Waals surface area contributed by atoms with E-state index in [1.807, 2.05) is 37.3 Å². The maximum atomic E-state index is 13.0. The van der Waals surface area contributed by atoms with Gasteiger partial charge in [-0.25, -0.2) is 9.78 Å². The third-order valence-electron chi connectivity index (χ3n) is 6.11. The van der Waals surface area contributed by atoms with Gasteiger partial charge in [-0.3, -0.25) is 9.59 Å². The average Bonchev–Trinajstić information content (AvgIpc) is 2.92. The smallest absolute Gasteiger partial charge is 0.328 e. The predicted molar refractivity (Wildman–Crippen MR) is 144 cm³/mol. The van der Waals surface area contributed by atoms with Crippen molar-refractivity contribution in [2.45, 2.75) is 72.1 Å². The summed E-state index contributed by atoms with van der Waals surface area (Å²) < 4.78 is 27.4. The van der Waals surface area contributed by atoms with E-state index < -0.39 is 36.8 Å². The number of carbonyl (C=O) groups is 3. The first-order chi connectivity index (χ1) is 18.7. The molecule has 0 saturated carbocycles. The lowest BCUT2D eigenvalue weighted by atomic mass is 9.88. The van der Waals surface area contributed by atoms with Crippen LogP contribution in [-0.2, 0) is 30.2 Å². The molecule has 2 aromatic rings. The van der Waals surface area contributed by atoms with Gasteiger partial charge in [-0.05, 0) is 38.7 Å². The highest BCUT2D eigenvalue weighted by atomic mass is 16.7. The molecule has 39 heavy (non-hydrogen) atoms. The Morgan fingerprint density at radius 1 is 1.05 bits per heavy atom. The highest BCUT2D eigenvalue weighted by molar-refractivity contribution is 5.98. The summed E-state index contributed by atoms with van der Waals surface area (Å²) in [6, 6.07) is 10.5. The zero-order valence-electron chi connectivity index (χ0n) is 23.6. The molecule has 0 fully saturated rings. The summed E-state index contributed by atoms with van der Waals surface area (Å²) in [5.41, 5.74) is 0.992. The summed E-state index contributed by atoms with van der Waals surface area (Å²) in [6.45, 7) is 8.90. The first-order valence-corrected chi connectivity index (χ1v) is 13.2. The van der Waals surface area contributed by atoms with Crippen LogP contribution in [0.5, 0.6) is 11.5 Å². The van der Waals surface area contributed by atoms with Crippen LogP contribution in [0.4, 0.5) is 0 Å². The SMILES string of the molecule is CCCO[C@@H](CC)[C@@H](Cc1ccccc1)[C@H](C)OC(=O)[C@H](C)NC(=O)c1nccc(OC)c1OCOC(C)=O. The number of methoxy groups -OCH3 is 1. The molecule has 214 valence electrons. The summed E-state index contributed by atoms with van der Waals surface area (Å²) in [6.07, 6.45) is 3.12. The fraction of sp³-hybridized carbons (Fsp3) is 0.517. The van der Waals surface area contributed by atoms with Crippen molar-refractivity contribution in [3.05, 3.63) is 53.9 Å². The number of aromatic nitrogens is 1. The summed E-state index contributed by atoms with van der Waals surface area (Å²) in [7, 11) is 1.40. The van der Waals surface area contributed by atoms with Gasteiger partial charge in [0.05, 0.1) is 13.2 Å². The molecule has 1 amide bonds. The molecule has 0 saturated heterocycles. The number of benzene rings is 1. The quantitative estimate of drug-likeness (QED) is 0.246. The van der Waals surface area contributed by atoms with Crippen LogP contribution in [-0.4, -0.2) is 61.6 Å². The molecule has 1 aromatic carbocycles. The van der Waals surface area contributed by atoms with Crippen molar-refractivity contribution in [3.63, 3.8) is 0 Å². The molecule has 10 nitrogen and oxygen atoms in total. The van der Waals surface area contributed by atoms with E-state index in [0.29, 0.717) is 13.0 Å². The van der Waals surface area contributed by atoms with Crippen LogP contribution in [0.15, 0.2) is 42.6 Å². The summed E-state index contributed by atoms with van der Waals surface area (Å²) >= 11 is 0. The molecule has 1 N–H and O–H groups in total. The highest BCUT2D eigenvalue weighted by Crippen LogP contribution is 2.30. The Balaban J connectivity index is 2.13. The van der Waals surface area contributed by atoms with E-state index >= 15 is 0 Å². The van der Waals surface area contributed by atoms with Crippen LogP contribution in [0.1, 0.15) is 63.5 Å². The lowest BCUT2D eigenvalue weighted by molar-refractivity contribution is -0.156. The van der Waals surface area contributed by atoms with Crippen LogP contribution in [0.25, 0.3) is 0 Å². The number of hydrogen-bond donors (Lipinski definition) is 1. The number of rotatable bonds is 16. The lowest BCUT2D eigenvalue weighted by Crippen LogP contribution is -2.43. The Morgan fingerprint density at radius 3 is 2.38 bits per heavy atom. The van der Waals surface area contributed by atoms with Gasteiger partial charge in [0.1, 0.15) is 12.1 Å². The molecule has 0 aliphatic rings. The number of nitrogens with zero attached hydrogens (tertiary/aromatic N) is 1. The number of nitrogens with one attached hydrogen (secondary N) is 1. The first-order valence-electron chi connectivity index (χ1n) is 13.2. The standard InChI is InChI=1S/C29H40N2O8/c1-7-16-36-24(8-2)23(17-22-12-10-9-11-13-22)20(4)39-29(34)19(3)31-28(33)26-27(38-18-37-21(5)32)25(35-6)14-15-30-26/h9-15,19-20,23-24H,7-8,16-18H2,1-6H3,(H,31,33)/t19-,20-,23-,24-/m0/s1. The number of amides is 1. The van der Waals surface area contributed by atoms with E-state index in [1.165, 1.54) is 33.2 Å². The zero-order chi connectivity index (χ0) is 28.8. The second kappa shape index (κ2) is 16.3. The Bertz CT molecular complexity index is 1060. The van der Waals surface area contributed by atoms with E-state index in [4.69, 9.17) is 23.7 Å².